The first-order valence-electron chi connectivity index (χ1n) is 11.0. The number of phosphoric ester groups is 1. The van der Waals surface area contributed by atoms with Gasteiger partial charge in [-0.25, -0.2) is 14.3 Å². The van der Waals surface area contributed by atoms with Gasteiger partial charge in [-0.05, 0) is 86.9 Å². The fraction of sp³-hybridized carbons (Fsp3) is 0.652. The van der Waals surface area contributed by atoms with E-state index in [9.17, 15) is 9.36 Å². The maximum absolute atomic E-state index is 13.5. The highest BCUT2D eigenvalue weighted by atomic mass is 31.2. The summed E-state index contributed by atoms with van der Waals surface area (Å²) < 4.78 is 36.0. The Morgan fingerprint density at radius 3 is 2.12 bits per heavy atom. The van der Waals surface area contributed by atoms with Gasteiger partial charge in [0.15, 0.2) is 0 Å². The molecule has 33 heavy (non-hydrogen) atoms. The van der Waals surface area contributed by atoms with Crippen LogP contribution in [0.5, 0.6) is 0 Å². The first-order chi connectivity index (χ1) is 14.8. The molecule has 2 N–H and O–H groups in total. The number of alkyl carbamates (subject to hydrolysis) is 1. The van der Waals surface area contributed by atoms with Gasteiger partial charge in [0.25, 0.3) is 0 Å². The minimum Gasteiger partial charge on any atom is -0.444 e. The number of nitrogens with zero attached hydrogens (tertiary/aromatic N) is 1. The number of nitrogens with one attached hydrogen (secondary N) is 2. The van der Waals surface area contributed by atoms with Crippen molar-refractivity contribution in [2.24, 2.45) is 0 Å². The SMILES string of the molecule is Cc1ccc2nc(C(COP(=O)(OC(C)(C)C)OC(C)(C)C)NC(=O)OC(C)(C)C)[nH]c2c1. The van der Waals surface area contributed by atoms with E-state index in [0.29, 0.717) is 5.82 Å². The van der Waals surface area contributed by atoms with Crippen molar-refractivity contribution in [2.45, 2.75) is 92.1 Å². The van der Waals surface area contributed by atoms with Crippen molar-refractivity contribution in [3.05, 3.63) is 29.6 Å². The second-order valence-corrected chi connectivity index (χ2v) is 12.5. The number of hydrogen-bond acceptors (Lipinski definition) is 7. The summed E-state index contributed by atoms with van der Waals surface area (Å²) in [4.78, 5) is 20.3. The molecule has 0 bridgehead atoms. The number of aromatic nitrogens is 2. The summed E-state index contributed by atoms with van der Waals surface area (Å²) in [6, 6.07) is 4.98. The predicted molar refractivity (Wildman–Crippen MR) is 128 cm³/mol. The summed E-state index contributed by atoms with van der Waals surface area (Å²) in [7, 11) is -4.00. The van der Waals surface area contributed by atoms with Crippen molar-refractivity contribution in [3.63, 3.8) is 0 Å². The molecule has 0 aliphatic heterocycles. The van der Waals surface area contributed by atoms with Crippen LogP contribution in [-0.2, 0) is 22.9 Å². The van der Waals surface area contributed by atoms with Crippen molar-refractivity contribution < 1.29 is 27.7 Å². The fourth-order valence-corrected chi connectivity index (χ4v) is 4.67. The van der Waals surface area contributed by atoms with Crippen molar-refractivity contribution in [2.75, 3.05) is 6.61 Å². The highest BCUT2D eigenvalue weighted by Crippen LogP contribution is 2.55. The molecule has 1 amide bonds. The van der Waals surface area contributed by atoms with Gasteiger partial charge in [-0.1, -0.05) is 6.07 Å². The van der Waals surface area contributed by atoms with E-state index in [1.807, 2.05) is 25.1 Å². The lowest BCUT2D eigenvalue weighted by Crippen LogP contribution is -2.37. The quantitative estimate of drug-likeness (QED) is 0.451. The van der Waals surface area contributed by atoms with Crippen LogP contribution >= 0.6 is 7.82 Å². The van der Waals surface area contributed by atoms with Crippen LogP contribution in [0.1, 0.15) is 79.7 Å². The topological polar surface area (TPSA) is 112 Å². The van der Waals surface area contributed by atoms with E-state index in [1.165, 1.54) is 0 Å². The number of phosphoric acid groups is 1. The van der Waals surface area contributed by atoms with E-state index >= 15 is 0 Å². The van der Waals surface area contributed by atoms with Gasteiger partial charge < -0.3 is 15.0 Å². The lowest BCUT2D eigenvalue weighted by Gasteiger charge is -2.31. The minimum absolute atomic E-state index is 0.221. The number of imidazole rings is 1. The average Bonchev–Trinajstić information content (AvgIpc) is 2.96. The second kappa shape index (κ2) is 9.74. The number of amides is 1. The predicted octanol–water partition coefficient (Wildman–Crippen LogP) is 6.19. The smallest absolute Gasteiger partial charge is 0.444 e. The van der Waals surface area contributed by atoms with Gasteiger partial charge in [0, 0.05) is 0 Å². The number of carbonyl (C=O) groups is 1. The summed E-state index contributed by atoms with van der Waals surface area (Å²) >= 11 is 0. The van der Waals surface area contributed by atoms with E-state index in [2.05, 4.69) is 15.3 Å². The molecule has 0 spiro atoms. The van der Waals surface area contributed by atoms with Crippen LogP contribution in [0.25, 0.3) is 11.0 Å². The van der Waals surface area contributed by atoms with Gasteiger partial charge in [0.2, 0.25) is 0 Å². The zero-order chi connectivity index (χ0) is 25.2. The first kappa shape index (κ1) is 27.3. The molecule has 0 saturated heterocycles. The Morgan fingerprint density at radius 2 is 1.61 bits per heavy atom. The summed E-state index contributed by atoms with van der Waals surface area (Å²) in [5.74, 6) is 0.430. The number of aryl methyl sites for hydroxylation is 1. The zero-order valence-electron chi connectivity index (χ0n) is 21.4. The average molecular weight is 484 g/mol. The Balaban J connectivity index is 2.34. The monoisotopic (exact) mass is 483 g/mol. The molecule has 9 nitrogen and oxygen atoms in total. The number of aromatic amines is 1. The molecule has 1 heterocycles. The minimum atomic E-state index is -4.00. The van der Waals surface area contributed by atoms with Crippen molar-refractivity contribution in [1.82, 2.24) is 15.3 Å². The third-order valence-corrected chi connectivity index (χ3v) is 5.86. The number of hydrogen-bond donors (Lipinski definition) is 2. The van der Waals surface area contributed by atoms with Gasteiger partial charge in [0.1, 0.15) is 17.5 Å². The molecular formula is C23H38N3O6P. The van der Waals surface area contributed by atoms with E-state index in [-0.39, 0.29) is 6.61 Å². The van der Waals surface area contributed by atoms with Gasteiger partial charge in [-0.15, -0.1) is 0 Å². The number of benzene rings is 1. The van der Waals surface area contributed by atoms with Crippen LogP contribution in [-0.4, -0.2) is 39.5 Å². The maximum Gasteiger partial charge on any atom is 0.475 e. The molecule has 0 aliphatic carbocycles. The Hall–Kier alpha value is -1.93. The highest BCUT2D eigenvalue weighted by Gasteiger charge is 2.38. The second-order valence-electron chi connectivity index (χ2n) is 11.0. The molecule has 0 aliphatic rings. The molecule has 2 aromatic rings. The Morgan fingerprint density at radius 1 is 1.03 bits per heavy atom. The molecule has 0 radical (unpaired) electrons. The Kier molecular flexibility index (Phi) is 8.06. The van der Waals surface area contributed by atoms with Gasteiger partial charge >= 0.3 is 13.9 Å². The molecule has 2 rings (SSSR count). The third-order valence-electron chi connectivity index (χ3n) is 3.85. The molecular weight excluding hydrogens is 445 g/mol. The van der Waals surface area contributed by atoms with Crippen LogP contribution in [0.15, 0.2) is 18.2 Å². The lowest BCUT2D eigenvalue weighted by atomic mass is 10.2. The van der Waals surface area contributed by atoms with Gasteiger partial charge in [0.05, 0.1) is 28.8 Å². The van der Waals surface area contributed by atoms with Gasteiger partial charge in [-0.2, -0.15) is 0 Å². The normalized spacial score (nSPS) is 14.4. The lowest BCUT2D eigenvalue weighted by molar-refractivity contribution is -0.000948. The van der Waals surface area contributed by atoms with E-state index in [1.54, 1.807) is 62.3 Å². The third kappa shape index (κ3) is 9.45. The largest absolute Gasteiger partial charge is 0.475 e. The van der Waals surface area contributed by atoms with Crippen LogP contribution in [0.2, 0.25) is 0 Å². The molecule has 0 saturated carbocycles. The molecule has 1 aromatic heterocycles. The Labute approximate surface area is 196 Å². The summed E-state index contributed by atoms with van der Waals surface area (Å²) in [5.41, 5.74) is 0.331. The molecule has 0 fully saturated rings. The van der Waals surface area contributed by atoms with Crippen molar-refractivity contribution in [1.29, 1.82) is 0 Å². The van der Waals surface area contributed by atoms with E-state index in [0.717, 1.165) is 16.6 Å². The van der Waals surface area contributed by atoms with Crippen molar-refractivity contribution in [3.8, 4) is 0 Å². The number of ether oxygens (including phenoxy) is 1. The molecule has 1 atom stereocenters. The number of fused-ring (bicyclic) bond motifs is 1. The Bertz CT molecular complexity index is 994. The van der Waals surface area contributed by atoms with Crippen LogP contribution < -0.4 is 5.32 Å². The standard InChI is InChI=1S/C23H38N3O6P/c1-15-11-12-16-17(13-15)25-19(24-16)18(26-20(27)30-21(2,3)4)14-29-33(28,31-22(5,6)7)32-23(8,9)10/h11-13,18H,14H2,1-10H3,(H,24,25)(H,26,27). The number of H-pyrrole nitrogens is 1. The van der Waals surface area contributed by atoms with Crippen molar-refractivity contribution >= 4 is 24.9 Å². The van der Waals surface area contributed by atoms with Crippen LogP contribution in [0.4, 0.5) is 4.79 Å². The molecule has 186 valence electrons. The zero-order valence-corrected chi connectivity index (χ0v) is 22.3. The molecule has 10 heteroatoms. The summed E-state index contributed by atoms with van der Waals surface area (Å²) in [5, 5.41) is 2.75. The number of carbonyl (C=O) groups excluding carboxylic acids is 1. The van der Waals surface area contributed by atoms with Crippen LogP contribution in [0.3, 0.4) is 0 Å². The van der Waals surface area contributed by atoms with E-state index < -0.39 is 36.8 Å². The van der Waals surface area contributed by atoms with E-state index in [4.69, 9.17) is 18.3 Å². The summed E-state index contributed by atoms with van der Waals surface area (Å²) in [6.07, 6.45) is -0.656. The first-order valence-corrected chi connectivity index (χ1v) is 12.4. The summed E-state index contributed by atoms with van der Waals surface area (Å²) in [6.45, 7) is 17.6. The maximum atomic E-state index is 13.5. The number of rotatable bonds is 7. The fourth-order valence-electron chi connectivity index (χ4n) is 2.85. The highest BCUT2D eigenvalue weighted by molar-refractivity contribution is 7.48. The molecule has 1 aromatic carbocycles. The van der Waals surface area contributed by atoms with Crippen LogP contribution in [0, 0.1) is 6.92 Å². The molecule has 1 unspecified atom stereocenters. The van der Waals surface area contributed by atoms with Gasteiger partial charge in [-0.3, -0.25) is 13.6 Å².